The van der Waals surface area contributed by atoms with Gasteiger partial charge in [-0.1, -0.05) is 6.07 Å². The highest BCUT2D eigenvalue weighted by Gasteiger charge is 2.22. The fourth-order valence-electron chi connectivity index (χ4n) is 1.67. The van der Waals surface area contributed by atoms with Gasteiger partial charge in [-0.25, -0.2) is 17.2 Å². The summed E-state index contributed by atoms with van der Waals surface area (Å²) in [7, 11) is -3.06. The number of hydrogen-bond acceptors (Lipinski definition) is 4. The van der Waals surface area contributed by atoms with E-state index in [-0.39, 0.29) is 17.2 Å². The summed E-state index contributed by atoms with van der Waals surface area (Å²) in [6, 6.07) is 6.17. The number of sulfonamides is 1. The monoisotopic (exact) mass is 315 g/mol. The van der Waals surface area contributed by atoms with E-state index in [1.165, 1.54) is 25.3 Å². The van der Waals surface area contributed by atoms with Gasteiger partial charge in [-0.15, -0.1) is 0 Å². The maximum Gasteiger partial charge on any atom is 0.265 e. The Morgan fingerprint density at radius 1 is 1.19 bits per heavy atom. The Hall–Kier alpha value is -2.35. The molecule has 0 spiro atoms. The third-order valence-electron chi connectivity index (χ3n) is 2.64. The lowest BCUT2D eigenvalue weighted by molar-refractivity contribution is 0.411. The van der Waals surface area contributed by atoms with Gasteiger partial charge in [-0.3, -0.25) is 4.72 Å². The molecule has 0 atom stereocenters. The molecule has 0 radical (unpaired) electrons. The number of nitrogens with one attached hydrogen (secondary N) is 1. The smallest absolute Gasteiger partial charge is 0.265 e. The molecule has 5 nitrogen and oxygen atoms in total. The molecule has 2 N–H and O–H groups in total. The highest BCUT2D eigenvalue weighted by Crippen LogP contribution is 2.35. The van der Waals surface area contributed by atoms with Crippen molar-refractivity contribution in [3.05, 3.63) is 48.0 Å². The van der Waals surface area contributed by atoms with E-state index in [9.17, 15) is 22.3 Å². The number of rotatable bonds is 4. The zero-order valence-electron chi connectivity index (χ0n) is 10.8. The number of para-hydroxylation sites is 1. The summed E-state index contributed by atoms with van der Waals surface area (Å²) in [6.07, 6.45) is 0. The SMILES string of the molecule is COc1cccc(O)c1NS(=O)(=O)c1ccc(F)cc1F. The molecule has 0 aliphatic carbocycles. The van der Waals surface area contributed by atoms with E-state index in [4.69, 9.17) is 4.74 Å². The van der Waals surface area contributed by atoms with E-state index in [1.807, 2.05) is 4.72 Å². The average Bonchev–Trinajstić information content (AvgIpc) is 2.40. The molecule has 0 amide bonds. The zero-order chi connectivity index (χ0) is 15.6. The van der Waals surface area contributed by atoms with Gasteiger partial charge < -0.3 is 9.84 Å². The summed E-state index contributed by atoms with van der Waals surface area (Å²) >= 11 is 0. The first-order valence-corrected chi connectivity index (χ1v) is 7.17. The topological polar surface area (TPSA) is 75.6 Å². The Bertz CT molecular complexity index is 778. The van der Waals surface area contributed by atoms with Crippen LogP contribution in [0.4, 0.5) is 14.5 Å². The van der Waals surface area contributed by atoms with E-state index >= 15 is 0 Å². The Morgan fingerprint density at radius 3 is 2.52 bits per heavy atom. The third kappa shape index (κ3) is 3.05. The van der Waals surface area contributed by atoms with Crippen LogP contribution in [0.1, 0.15) is 0 Å². The molecule has 2 aromatic carbocycles. The minimum absolute atomic E-state index is 0.0566. The lowest BCUT2D eigenvalue weighted by Gasteiger charge is -2.13. The van der Waals surface area contributed by atoms with Gasteiger partial charge >= 0.3 is 0 Å². The van der Waals surface area contributed by atoms with E-state index in [0.29, 0.717) is 6.07 Å². The Kier molecular flexibility index (Phi) is 3.99. The number of phenolic OH excluding ortho intramolecular Hbond substituents is 1. The van der Waals surface area contributed by atoms with Crippen LogP contribution in [0.15, 0.2) is 41.3 Å². The summed E-state index contributed by atoms with van der Waals surface area (Å²) in [5, 5.41) is 9.69. The molecule has 21 heavy (non-hydrogen) atoms. The second kappa shape index (κ2) is 5.57. The van der Waals surface area contributed by atoms with Crippen LogP contribution >= 0.6 is 0 Å². The molecule has 0 aliphatic rings. The van der Waals surface area contributed by atoms with Gasteiger partial charge in [0.05, 0.1) is 7.11 Å². The minimum Gasteiger partial charge on any atom is -0.506 e. The van der Waals surface area contributed by atoms with Gasteiger partial charge in [0.15, 0.2) is 0 Å². The number of halogens is 2. The first-order chi connectivity index (χ1) is 9.85. The first-order valence-electron chi connectivity index (χ1n) is 5.69. The number of aromatic hydroxyl groups is 1. The molecule has 0 saturated carbocycles. The summed E-state index contributed by atoms with van der Waals surface area (Å²) in [5.41, 5.74) is -0.233. The molecular formula is C13H11F2NO4S. The molecule has 2 rings (SSSR count). The van der Waals surface area contributed by atoms with Crippen LogP contribution in [0.25, 0.3) is 0 Å². The maximum atomic E-state index is 13.6. The van der Waals surface area contributed by atoms with Crippen molar-refractivity contribution in [3.8, 4) is 11.5 Å². The van der Waals surface area contributed by atoms with Crippen LogP contribution in [0.3, 0.4) is 0 Å². The average molecular weight is 315 g/mol. The van der Waals surface area contributed by atoms with Crippen molar-refractivity contribution < 1.29 is 27.0 Å². The van der Waals surface area contributed by atoms with Crippen LogP contribution in [0.5, 0.6) is 11.5 Å². The van der Waals surface area contributed by atoms with Crippen LogP contribution < -0.4 is 9.46 Å². The van der Waals surface area contributed by atoms with Gasteiger partial charge in [0.2, 0.25) is 0 Å². The Balaban J connectivity index is 2.47. The Labute approximate surface area is 119 Å². The quantitative estimate of drug-likeness (QED) is 0.850. The largest absolute Gasteiger partial charge is 0.506 e. The number of ether oxygens (including phenoxy) is 1. The second-order valence-corrected chi connectivity index (χ2v) is 5.69. The molecule has 0 aliphatic heterocycles. The van der Waals surface area contributed by atoms with E-state index in [1.54, 1.807) is 0 Å². The second-order valence-electron chi connectivity index (χ2n) is 4.03. The summed E-state index contributed by atoms with van der Waals surface area (Å²) in [6.45, 7) is 0. The van der Waals surface area contributed by atoms with Gasteiger partial charge in [0, 0.05) is 6.07 Å². The van der Waals surface area contributed by atoms with Gasteiger partial charge in [0.1, 0.15) is 33.7 Å². The number of phenols is 1. The van der Waals surface area contributed by atoms with E-state index in [0.717, 1.165) is 12.1 Å². The molecule has 0 heterocycles. The predicted molar refractivity (Wildman–Crippen MR) is 71.8 cm³/mol. The van der Waals surface area contributed by atoms with Crippen LogP contribution in [-0.4, -0.2) is 20.6 Å². The molecule has 8 heteroatoms. The predicted octanol–water partition coefficient (Wildman–Crippen LogP) is 2.48. The lowest BCUT2D eigenvalue weighted by atomic mass is 10.3. The van der Waals surface area contributed by atoms with Crippen LogP contribution in [-0.2, 0) is 10.0 Å². The normalized spacial score (nSPS) is 11.2. The van der Waals surface area contributed by atoms with Crippen molar-refractivity contribution in [2.24, 2.45) is 0 Å². The minimum atomic E-state index is -4.35. The number of anilines is 1. The number of benzene rings is 2. The number of methoxy groups -OCH3 is 1. The molecule has 0 fully saturated rings. The lowest BCUT2D eigenvalue weighted by Crippen LogP contribution is -2.15. The fourth-order valence-corrected chi connectivity index (χ4v) is 2.82. The first kappa shape index (κ1) is 15.0. The van der Waals surface area contributed by atoms with Crippen molar-refractivity contribution in [2.45, 2.75) is 4.90 Å². The Morgan fingerprint density at radius 2 is 1.90 bits per heavy atom. The van der Waals surface area contributed by atoms with E-state index in [2.05, 4.69) is 0 Å². The van der Waals surface area contributed by atoms with Gasteiger partial charge in [-0.05, 0) is 24.3 Å². The summed E-state index contributed by atoms with van der Waals surface area (Å²) in [5.74, 6) is -2.47. The highest BCUT2D eigenvalue weighted by molar-refractivity contribution is 7.92. The van der Waals surface area contributed by atoms with Crippen molar-refractivity contribution in [3.63, 3.8) is 0 Å². The standard InChI is InChI=1S/C13H11F2NO4S/c1-20-11-4-2-3-10(17)13(11)16-21(18,19)12-6-5-8(14)7-9(12)15/h2-7,16-17H,1H3. The van der Waals surface area contributed by atoms with Gasteiger partial charge in [0.25, 0.3) is 10.0 Å². The van der Waals surface area contributed by atoms with Gasteiger partial charge in [-0.2, -0.15) is 0 Å². The highest BCUT2D eigenvalue weighted by atomic mass is 32.2. The summed E-state index contributed by atoms with van der Waals surface area (Å²) in [4.78, 5) is -0.741. The summed E-state index contributed by atoms with van der Waals surface area (Å²) < 4.78 is 57.6. The fraction of sp³-hybridized carbons (Fsp3) is 0.0769. The molecule has 0 aromatic heterocycles. The maximum absolute atomic E-state index is 13.6. The molecule has 112 valence electrons. The number of hydrogen-bond donors (Lipinski definition) is 2. The molecule has 0 bridgehead atoms. The molecule has 2 aromatic rings. The van der Waals surface area contributed by atoms with Crippen molar-refractivity contribution in [1.82, 2.24) is 0 Å². The van der Waals surface area contributed by atoms with Crippen LogP contribution in [0, 0.1) is 11.6 Å². The van der Waals surface area contributed by atoms with Crippen LogP contribution in [0.2, 0.25) is 0 Å². The zero-order valence-corrected chi connectivity index (χ0v) is 11.6. The van der Waals surface area contributed by atoms with Crippen molar-refractivity contribution >= 4 is 15.7 Å². The molecular weight excluding hydrogens is 304 g/mol. The third-order valence-corrected chi connectivity index (χ3v) is 4.03. The van der Waals surface area contributed by atoms with E-state index < -0.39 is 26.6 Å². The van der Waals surface area contributed by atoms with Crippen molar-refractivity contribution in [2.75, 3.05) is 11.8 Å². The van der Waals surface area contributed by atoms with Crippen molar-refractivity contribution in [1.29, 1.82) is 0 Å². The molecule has 0 saturated heterocycles. The molecule has 0 unspecified atom stereocenters.